The van der Waals surface area contributed by atoms with Gasteiger partial charge in [-0.15, -0.1) is 12.4 Å². The lowest BCUT2D eigenvalue weighted by Crippen LogP contribution is -2.46. The summed E-state index contributed by atoms with van der Waals surface area (Å²) in [4.78, 5) is 17.0. The Bertz CT molecular complexity index is 899. The van der Waals surface area contributed by atoms with Crippen molar-refractivity contribution in [2.24, 2.45) is 0 Å². The highest BCUT2D eigenvalue weighted by Crippen LogP contribution is 2.43. The second kappa shape index (κ2) is 7.73. The topological polar surface area (TPSA) is 23.6 Å². The van der Waals surface area contributed by atoms with E-state index in [1.165, 1.54) is 29.5 Å². The summed E-state index contributed by atoms with van der Waals surface area (Å²) in [6.45, 7) is 3.96. The molecule has 0 bridgehead atoms. The van der Waals surface area contributed by atoms with Gasteiger partial charge in [-0.1, -0.05) is 54.6 Å². The van der Waals surface area contributed by atoms with Gasteiger partial charge >= 0.3 is 0 Å². The maximum Gasteiger partial charge on any atom is 0.227 e. The number of rotatable bonds is 3. The first-order valence-electron chi connectivity index (χ1n) is 10.1. The molecule has 3 aliphatic rings. The zero-order valence-corrected chi connectivity index (χ0v) is 17.0. The lowest BCUT2D eigenvalue weighted by atomic mass is 9.74. The standard InChI is InChI=1S/C24H26N2O.ClH/c27-23-10-9-20-6-2-4-8-22(20)26(23)18-17-25-15-13-24(14-16-25)12-11-19-5-1-3-7-21(19)24;/h1-8,11-12H,9-10,13-18H2;1H. The number of carbonyl (C=O) groups is 1. The number of para-hydroxylation sites is 1. The predicted molar refractivity (Wildman–Crippen MR) is 117 cm³/mol. The summed E-state index contributed by atoms with van der Waals surface area (Å²) in [5.74, 6) is 0.273. The molecule has 28 heavy (non-hydrogen) atoms. The largest absolute Gasteiger partial charge is 0.311 e. The Kier molecular flexibility index (Phi) is 5.31. The van der Waals surface area contributed by atoms with Crippen LogP contribution in [0.4, 0.5) is 5.69 Å². The van der Waals surface area contributed by atoms with Crippen molar-refractivity contribution in [3.05, 3.63) is 71.3 Å². The molecular weight excluding hydrogens is 368 g/mol. The van der Waals surface area contributed by atoms with E-state index in [0.29, 0.717) is 6.42 Å². The van der Waals surface area contributed by atoms with Gasteiger partial charge in [0.05, 0.1) is 0 Å². The van der Waals surface area contributed by atoms with Crippen molar-refractivity contribution in [3.63, 3.8) is 0 Å². The molecule has 0 atom stereocenters. The van der Waals surface area contributed by atoms with Crippen LogP contribution in [-0.4, -0.2) is 37.0 Å². The number of anilines is 1. The molecule has 1 aliphatic carbocycles. The van der Waals surface area contributed by atoms with Crippen LogP contribution >= 0.6 is 12.4 Å². The molecular formula is C24H27ClN2O. The summed E-state index contributed by atoms with van der Waals surface area (Å²) < 4.78 is 0. The molecule has 3 nitrogen and oxygen atoms in total. The number of piperidine rings is 1. The number of allylic oxidation sites excluding steroid dienone is 1. The molecule has 1 spiro atoms. The summed E-state index contributed by atoms with van der Waals surface area (Å²) in [6.07, 6.45) is 8.59. The Hall–Kier alpha value is -2.10. The molecule has 1 saturated heterocycles. The number of nitrogens with zero attached hydrogens (tertiary/aromatic N) is 2. The first kappa shape index (κ1) is 19.2. The van der Waals surface area contributed by atoms with Crippen molar-refractivity contribution in [2.75, 3.05) is 31.1 Å². The summed E-state index contributed by atoms with van der Waals surface area (Å²) in [7, 11) is 0. The first-order chi connectivity index (χ1) is 13.3. The van der Waals surface area contributed by atoms with Crippen LogP contribution < -0.4 is 4.90 Å². The van der Waals surface area contributed by atoms with Gasteiger partial charge in [0.2, 0.25) is 5.91 Å². The monoisotopic (exact) mass is 394 g/mol. The fourth-order valence-corrected chi connectivity index (χ4v) is 5.03. The number of amides is 1. The Morgan fingerprint density at radius 3 is 2.50 bits per heavy atom. The third-order valence-corrected chi connectivity index (χ3v) is 6.66. The second-order valence-corrected chi connectivity index (χ2v) is 8.09. The van der Waals surface area contributed by atoms with E-state index in [0.717, 1.165) is 38.3 Å². The van der Waals surface area contributed by atoms with Gasteiger partial charge in [0.15, 0.2) is 0 Å². The molecule has 0 radical (unpaired) electrons. The van der Waals surface area contributed by atoms with Crippen LogP contribution in [0.5, 0.6) is 0 Å². The maximum absolute atomic E-state index is 12.5. The smallest absolute Gasteiger partial charge is 0.227 e. The fourth-order valence-electron chi connectivity index (χ4n) is 5.03. The lowest BCUT2D eigenvalue weighted by Gasteiger charge is -2.40. The molecule has 0 unspecified atom stereocenters. The van der Waals surface area contributed by atoms with E-state index >= 15 is 0 Å². The third-order valence-electron chi connectivity index (χ3n) is 6.66. The van der Waals surface area contributed by atoms with E-state index in [2.05, 4.69) is 59.5 Å². The SMILES string of the molecule is Cl.O=C1CCc2ccccc2N1CCN1CCC2(C=Cc3ccccc32)CC1. The van der Waals surface area contributed by atoms with Crippen LogP contribution in [0.1, 0.15) is 36.0 Å². The van der Waals surface area contributed by atoms with Crippen LogP contribution in [0.25, 0.3) is 6.08 Å². The van der Waals surface area contributed by atoms with Gasteiger partial charge in [0, 0.05) is 30.6 Å². The van der Waals surface area contributed by atoms with Crippen molar-refractivity contribution in [1.82, 2.24) is 4.90 Å². The van der Waals surface area contributed by atoms with Crippen molar-refractivity contribution in [2.45, 2.75) is 31.1 Å². The van der Waals surface area contributed by atoms with Crippen LogP contribution in [0, 0.1) is 0 Å². The van der Waals surface area contributed by atoms with Gasteiger partial charge in [-0.2, -0.15) is 0 Å². The zero-order chi connectivity index (χ0) is 18.3. The number of likely N-dealkylation sites (tertiary alicyclic amines) is 1. The highest BCUT2D eigenvalue weighted by Gasteiger charge is 2.37. The Labute approximate surface area is 173 Å². The highest BCUT2D eigenvalue weighted by molar-refractivity contribution is 5.96. The number of fused-ring (bicyclic) bond motifs is 3. The molecule has 4 heteroatoms. The van der Waals surface area contributed by atoms with Crippen molar-refractivity contribution >= 4 is 30.1 Å². The number of aryl methyl sites for hydroxylation is 1. The van der Waals surface area contributed by atoms with E-state index in [1.54, 1.807) is 0 Å². The van der Waals surface area contributed by atoms with Crippen LogP contribution in [0.15, 0.2) is 54.6 Å². The molecule has 2 heterocycles. The number of halogens is 1. The molecule has 0 aromatic heterocycles. The number of hydrogen-bond donors (Lipinski definition) is 0. The third kappa shape index (κ3) is 3.27. The molecule has 2 aliphatic heterocycles. The highest BCUT2D eigenvalue weighted by atomic mass is 35.5. The predicted octanol–water partition coefficient (Wildman–Crippen LogP) is 4.45. The van der Waals surface area contributed by atoms with E-state index in [-0.39, 0.29) is 23.7 Å². The minimum atomic E-state index is 0. The van der Waals surface area contributed by atoms with Gasteiger partial charge in [-0.05, 0) is 55.1 Å². The van der Waals surface area contributed by atoms with E-state index in [9.17, 15) is 4.79 Å². The molecule has 0 N–H and O–H groups in total. The van der Waals surface area contributed by atoms with Gasteiger partial charge in [0.1, 0.15) is 0 Å². The molecule has 0 saturated carbocycles. The minimum absolute atomic E-state index is 0. The van der Waals surface area contributed by atoms with Gasteiger partial charge in [0.25, 0.3) is 0 Å². The van der Waals surface area contributed by atoms with E-state index in [1.807, 2.05) is 11.0 Å². The average Bonchev–Trinajstić information content (AvgIpc) is 3.07. The molecule has 146 valence electrons. The summed E-state index contributed by atoms with van der Waals surface area (Å²) in [6, 6.07) is 17.2. The zero-order valence-electron chi connectivity index (χ0n) is 16.1. The summed E-state index contributed by atoms with van der Waals surface area (Å²) in [5, 5.41) is 0. The molecule has 5 rings (SSSR count). The number of benzene rings is 2. The quantitative estimate of drug-likeness (QED) is 0.767. The Balaban J connectivity index is 0.00000192. The van der Waals surface area contributed by atoms with E-state index in [4.69, 9.17) is 0 Å². The van der Waals surface area contributed by atoms with Gasteiger partial charge in [-0.25, -0.2) is 0 Å². The second-order valence-electron chi connectivity index (χ2n) is 8.09. The number of hydrogen-bond acceptors (Lipinski definition) is 2. The Morgan fingerprint density at radius 1 is 0.893 bits per heavy atom. The molecule has 1 amide bonds. The van der Waals surface area contributed by atoms with Crippen LogP contribution in [0.3, 0.4) is 0 Å². The molecule has 2 aromatic rings. The van der Waals surface area contributed by atoms with E-state index < -0.39 is 0 Å². The minimum Gasteiger partial charge on any atom is -0.311 e. The summed E-state index contributed by atoms with van der Waals surface area (Å²) in [5.41, 5.74) is 5.56. The van der Waals surface area contributed by atoms with Crippen LogP contribution in [-0.2, 0) is 16.6 Å². The van der Waals surface area contributed by atoms with Crippen LogP contribution in [0.2, 0.25) is 0 Å². The number of carbonyl (C=O) groups excluding carboxylic acids is 1. The Morgan fingerprint density at radius 2 is 1.64 bits per heavy atom. The van der Waals surface area contributed by atoms with Crippen molar-refractivity contribution in [1.29, 1.82) is 0 Å². The lowest BCUT2D eigenvalue weighted by molar-refractivity contribution is -0.119. The van der Waals surface area contributed by atoms with Gasteiger partial charge in [-0.3, -0.25) is 4.79 Å². The van der Waals surface area contributed by atoms with Crippen molar-refractivity contribution in [3.8, 4) is 0 Å². The molecule has 1 fully saturated rings. The average molecular weight is 395 g/mol. The molecule has 2 aromatic carbocycles. The first-order valence-corrected chi connectivity index (χ1v) is 10.1. The maximum atomic E-state index is 12.5. The summed E-state index contributed by atoms with van der Waals surface area (Å²) >= 11 is 0. The normalized spacial score (nSPS) is 20.0. The van der Waals surface area contributed by atoms with Crippen molar-refractivity contribution < 1.29 is 4.79 Å². The van der Waals surface area contributed by atoms with Gasteiger partial charge < -0.3 is 9.80 Å². The fraction of sp³-hybridized carbons (Fsp3) is 0.375.